The fourth-order valence-corrected chi connectivity index (χ4v) is 3.24. The predicted octanol–water partition coefficient (Wildman–Crippen LogP) is 3.59. The molecule has 1 amide bonds. The molecule has 1 saturated heterocycles. The molecule has 126 valence electrons. The summed E-state index contributed by atoms with van der Waals surface area (Å²) < 4.78 is 5.18. The van der Waals surface area contributed by atoms with E-state index in [1.54, 1.807) is 12.0 Å². The molecule has 24 heavy (non-hydrogen) atoms. The van der Waals surface area contributed by atoms with Crippen LogP contribution < -0.4 is 9.64 Å². The van der Waals surface area contributed by atoms with Gasteiger partial charge in [0.15, 0.2) is 0 Å². The lowest BCUT2D eigenvalue weighted by Gasteiger charge is -2.39. The molecule has 1 aliphatic heterocycles. The summed E-state index contributed by atoms with van der Waals surface area (Å²) in [5.41, 5.74) is 1.96. The first-order valence-electron chi connectivity index (χ1n) is 8.03. The molecule has 2 aromatic rings. The minimum atomic E-state index is -0.183. The van der Waals surface area contributed by atoms with E-state index in [0.29, 0.717) is 11.6 Å². The van der Waals surface area contributed by atoms with Gasteiger partial charge in [-0.25, -0.2) is 0 Å². The fourth-order valence-electron chi connectivity index (χ4n) is 3.01. The summed E-state index contributed by atoms with van der Waals surface area (Å²) in [7, 11) is 1.66. The van der Waals surface area contributed by atoms with Gasteiger partial charge in [-0.05, 0) is 36.8 Å². The quantitative estimate of drug-likeness (QED) is 0.849. The summed E-state index contributed by atoms with van der Waals surface area (Å²) in [6, 6.07) is 15.3. The van der Waals surface area contributed by atoms with Crippen LogP contribution in [0.4, 0.5) is 5.69 Å². The molecule has 1 heterocycles. The van der Waals surface area contributed by atoms with Gasteiger partial charge in [-0.1, -0.05) is 35.9 Å². The second-order valence-electron chi connectivity index (χ2n) is 5.94. The van der Waals surface area contributed by atoms with E-state index < -0.39 is 0 Å². The van der Waals surface area contributed by atoms with Crippen molar-refractivity contribution in [3.8, 4) is 5.75 Å². The van der Waals surface area contributed by atoms with Crippen LogP contribution in [0.5, 0.6) is 5.75 Å². The highest BCUT2D eigenvalue weighted by Crippen LogP contribution is 2.28. The van der Waals surface area contributed by atoms with Crippen molar-refractivity contribution >= 4 is 23.2 Å². The highest BCUT2D eigenvalue weighted by Gasteiger charge is 2.32. The van der Waals surface area contributed by atoms with Crippen LogP contribution in [0, 0.1) is 0 Å². The maximum Gasteiger partial charge on any atom is 0.244 e. The van der Waals surface area contributed by atoms with Gasteiger partial charge in [-0.2, -0.15) is 0 Å². The molecule has 0 spiro atoms. The number of rotatable bonds is 4. The van der Waals surface area contributed by atoms with Crippen molar-refractivity contribution in [2.45, 2.75) is 19.5 Å². The third-order valence-electron chi connectivity index (χ3n) is 4.47. The molecule has 1 fully saturated rings. The van der Waals surface area contributed by atoms with E-state index in [2.05, 4.69) is 4.90 Å². The molecular formula is C19H21ClN2O2. The van der Waals surface area contributed by atoms with E-state index in [4.69, 9.17) is 16.3 Å². The second kappa shape index (κ2) is 7.24. The minimum absolute atomic E-state index is 0.0860. The molecule has 0 radical (unpaired) electrons. The molecule has 1 atom stereocenters. The highest BCUT2D eigenvalue weighted by molar-refractivity contribution is 6.33. The Bertz CT molecular complexity index is 718. The lowest BCUT2D eigenvalue weighted by Crippen LogP contribution is -2.55. The van der Waals surface area contributed by atoms with Crippen molar-refractivity contribution in [1.29, 1.82) is 0 Å². The molecule has 0 aromatic heterocycles. The van der Waals surface area contributed by atoms with E-state index in [1.165, 1.54) is 5.56 Å². The fraction of sp³-hybridized carbons (Fsp3) is 0.316. The number of piperazine rings is 1. The average molecular weight is 345 g/mol. The molecule has 4 nitrogen and oxygen atoms in total. The largest absolute Gasteiger partial charge is 0.497 e. The lowest BCUT2D eigenvalue weighted by atomic mass is 10.1. The average Bonchev–Trinajstić information content (AvgIpc) is 2.61. The van der Waals surface area contributed by atoms with E-state index >= 15 is 0 Å². The SMILES string of the molecule is COc1ccc(CN2CCN(c3ccccc3Cl)C(=O)[C@H]2C)cc1. The third-order valence-corrected chi connectivity index (χ3v) is 4.79. The van der Waals surface area contributed by atoms with Crippen LogP contribution in [-0.4, -0.2) is 37.0 Å². The second-order valence-corrected chi connectivity index (χ2v) is 6.34. The van der Waals surface area contributed by atoms with E-state index in [9.17, 15) is 4.79 Å². The lowest BCUT2D eigenvalue weighted by molar-refractivity contribution is -0.125. The Morgan fingerprint density at radius 3 is 2.50 bits per heavy atom. The number of carbonyl (C=O) groups is 1. The Balaban J connectivity index is 1.71. The molecule has 0 N–H and O–H groups in total. The van der Waals surface area contributed by atoms with Crippen LogP contribution in [0.2, 0.25) is 5.02 Å². The van der Waals surface area contributed by atoms with Gasteiger partial charge in [0.05, 0.1) is 23.9 Å². The summed E-state index contributed by atoms with van der Waals surface area (Å²) in [5.74, 6) is 0.925. The van der Waals surface area contributed by atoms with Crippen LogP contribution in [0.25, 0.3) is 0 Å². The molecular weight excluding hydrogens is 324 g/mol. The number of hydrogen-bond acceptors (Lipinski definition) is 3. The van der Waals surface area contributed by atoms with E-state index in [-0.39, 0.29) is 11.9 Å². The van der Waals surface area contributed by atoms with Crippen LogP contribution in [0.3, 0.4) is 0 Å². The Hall–Kier alpha value is -2.04. The first-order valence-corrected chi connectivity index (χ1v) is 8.41. The summed E-state index contributed by atoms with van der Waals surface area (Å²) in [6.45, 7) is 4.15. The van der Waals surface area contributed by atoms with E-state index in [1.807, 2.05) is 55.5 Å². The summed E-state index contributed by atoms with van der Waals surface area (Å²) in [4.78, 5) is 16.8. The zero-order valence-electron chi connectivity index (χ0n) is 13.9. The van der Waals surface area contributed by atoms with Crippen molar-refractivity contribution in [2.75, 3.05) is 25.1 Å². The predicted molar refractivity (Wildman–Crippen MR) is 96.7 cm³/mol. The van der Waals surface area contributed by atoms with Crippen LogP contribution in [0.15, 0.2) is 48.5 Å². The third kappa shape index (κ3) is 3.40. The van der Waals surface area contributed by atoms with Gasteiger partial charge in [0.1, 0.15) is 5.75 Å². The van der Waals surface area contributed by atoms with Crippen molar-refractivity contribution in [1.82, 2.24) is 4.90 Å². The number of methoxy groups -OCH3 is 1. The maximum absolute atomic E-state index is 12.8. The Morgan fingerprint density at radius 1 is 1.12 bits per heavy atom. The highest BCUT2D eigenvalue weighted by atomic mass is 35.5. The van der Waals surface area contributed by atoms with Crippen LogP contribution in [0.1, 0.15) is 12.5 Å². The number of halogens is 1. The van der Waals surface area contributed by atoms with Gasteiger partial charge in [-0.3, -0.25) is 9.69 Å². The summed E-state index contributed by atoms with van der Waals surface area (Å²) in [6.07, 6.45) is 0. The topological polar surface area (TPSA) is 32.8 Å². The zero-order chi connectivity index (χ0) is 17.1. The van der Waals surface area contributed by atoms with Crippen molar-refractivity contribution in [2.24, 2.45) is 0 Å². The number of anilines is 1. The van der Waals surface area contributed by atoms with E-state index in [0.717, 1.165) is 24.5 Å². The van der Waals surface area contributed by atoms with Gasteiger partial charge >= 0.3 is 0 Å². The first-order chi connectivity index (χ1) is 11.6. The maximum atomic E-state index is 12.8. The standard InChI is InChI=1S/C19H21ClN2O2/c1-14-19(23)22(18-6-4-3-5-17(18)20)12-11-21(14)13-15-7-9-16(24-2)10-8-15/h3-10,14H,11-13H2,1-2H3/t14-/m1/s1. The number of hydrogen-bond donors (Lipinski definition) is 0. The molecule has 0 aliphatic carbocycles. The molecule has 0 bridgehead atoms. The summed E-state index contributed by atoms with van der Waals surface area (Å²) in [5, 5.41) is 0.613. The number of ether oxygens (including phenoxy) is 1. The molecule has 2 aromatic carbocycles. The van der Waals surface area contributed by atoms with Gasteiger partial charge in [-0.15, -0.1) is 0 Å². The summed E-state index contributed by atoms with van der Waals surface area (Å²) >= 11 is 6.25. The minimum Gasteiger partial charge on any atom is -0.497 e. The normalized spacial score (nSPS) is 18.7. The first kappa shape index (κ1) is 16.8. The van der Waals surface area contributed by atoms with Gasteiger partial charge < -0.3 is 9.64 Å². The van der Waals surface area contributed by atoms with Crippen LogP contribution in [-0.2, 0) is 11.3 Å². The Kier molecular flexibility index (Phi) is 5.07. The number of carbonyl (C=O) groups excluding carboxylic acids is 1. The molecule has 1 aliphatic rings. The molecule has 5 heteroatoms. The van der Waals surface area contributed by atoms with Crippen molar-refractivity contribution in [3.63, 3.8) is 0 Å². The Labute approximate surface area is 147 Å². The van der Waals surface area contributed by atoms with Crippen LogP contribution >= 0.6 is 11.6 Å². The number of amides is 1. The number of nitrogens with zero attached hydrogens (tertiary/aromatic N) is 2. The van der Waals surface area contributed by atoms with Crippen molar-refractivity contribution < 1.29 is 9.53 Å². The Morgan fingerprint density at radius 2 is 1.83 bits per heavy atom. The van der Waals surface area contributed by atoms with Crippen molar-refractivity contribution in [3.05, 3.63) is 59.1 Å². The molecule has 3 rings (SSSR count). The van der Waals surface area contributed by atoms with Gasteiger partial charge in [0.25, 0.3) is 0 Å². The van der Waals surface area contributed by atoms with Gasteiger partial charge in [0.2, 0.25) is 5.91 Å². The van der Waals surface area contributed by atoms with Gasteiger partial charge in [0, 0.05) is 19.6 Å². The monoisotopic (exact) mass is 344 g/mol. The number of para-hydroxylation sites is 1. The molecule has 0 unspecified atom stereocenters. The smallest absolute Gasteiger partial charge is 0.244 e. The zero-order valence-corrected chi connectivity index (χ0v) is 14.7. The molecule has 0 saturated carbocycles. The number of benzene rings is 2.